The third-order valence-corrected chi connectivity index (χ3v) is 5.36. The lowest BCUT2D eigenvalue weighted by atomic mass is 10.2. The van der Waals surface area contributed by atoms with Crippen molar-refractivity contribution < 1.29 is 9.18 Å². The van der Waals surface area contributed by atoms with Crippen LogP contribution < -0.4 is 0 Å². The van der Waals surface area contributed by atoms with E-state index < -0.39 is 0 Å². The van der Waals surface area contributed by atoms with Crippen LogP contribution in [0.5, 0.6) is 0 Å². The molecule has 0 spiro atoms. The molecule has 0 unspecified atom stereocenters. The predicted molar refractivity (Wildman–Crippen MR) is 99.5 cm³/mol. The average Bonchev–Trinajstić information content (AvgIpc) is 2.98. The number of benzene rings is 2. The fraction of sp³-hybridized carbons (Fsp3) is 0.158. The first-order valence-electron chi connectivity index (χ1n) is 7.68. The first-order valence-corrected chi connectivity index (χ1v) is 8.87. The second-order valence-corrected chi connectivity index (χ2v) is 7.10. The molecule has 0 saturated carbocycles. The highest BCUT2D eigenvalue weighted by atomic mass is 35.5. The third kappa shape index (κ3) is 3.89. The summed E-state index contributed by atoms with van der Waals surface area (Å²) in [4.78, 5) is 19.4. The number of hydrogen-bond donors (Lipinski definition) is 0. The molecule has 0 aliphatic heterocycles. The van der Waals surface area contributed by atoms with Crippen molar-refractivity contribution in [2.75, 3.05) is 7.05 Å². The Bertz CT molecular complexity index is 908. The van der Waals surface area contributed by atoms with Crippen molar-refractivity contribution >= 4 is 28.8 Å². The van der Waals surface area contributed by atoms with Gasteiger partial charge in [-0.15, -0.1) is 11.3 Å². The molecule has 3 rings (SSSR count). The van der Waals surface area contributed by atoms with E-state index in [0.717, 1.165) is 11.1 Å². The lowest BCUT2D eigenvalue weighted by Gasteiger charge is -2.17. The maximum absolute atomic E-state index is 13.1. The minimum Gasteiger partial charge on any atom is -0.337 e. The number of carbonyl (C=O) groups excluding carboxylic acids is 1. The second-order valence-electron chi connectivity index (χ2n) is 5.69. The first kappa shape index (κ1) is 17.6. The number of aromatic nitrogens is 1. The maximum Gasteiger partial charge on any atom is 0.265 e. The lowest BCUT2D eigenvalue weighted by molar-refractivity contribution is 0.0789. The van der Waals surface area contributed by atoms with Crippen molar-refractivity contribution in [1.29, 1.82) is 0 Å². The Morgan fingerprint density at radius 3 is 2.56 bits per heavy atom. The summed E-state index contributed by atoms with van der Waals surface area (Å²) in [6.45, 7) is 2.22. The van der Waals surface area contributed by atoms with Crippen molar-refractivity contribution in [2.24, 2.45) is 0 Å². The summed E-state index contributed by atoms with van der Waals surface area (Å²) in [5.41, 5.74) is 2.35. The molecule has 0 aliphatic rings. The van der Waals surface area contributed by atoms with Crippen LogP contribution in [0.3, 0.4) is 0 Å². The number of thiazole rings is 1. The normalized spacial score (nSPS) is 10.7. The van der Waals surface area contributed by atoms with Gasteiger partial charge in [0.2, 0.25) is 0 Å². The van der Waals surface area contributed by atoms with E-state index in [1.165, 1.54) is 23.5 Å². The van der Waals surface area contributed by atoms with Crippen LogP contribution in [0.1, 0.15) is 20.9 Å². The summed E-state index contributed by atoms with van der Waals surface area (Å²) >= 11 is 7.48. The highest BCUT2D eigenvalue weighted by molar-refractivity contribution is 7.17. The number of aryl methyl sites for hydroxylation is 1. The standard InChI is InChI=1S/C19H16ClFN2OS/c1-12-17(25-18(22-12)13-7-9-15(21)10-8-13)19(24)23(2)11-14-5-3-4-6-16(14)20/h3-10H,11H2,1-2H3. The van der Waals surface area contributed by atoms with E-state index in [2.05, 4.69) is 4.98 Å². The molecule has 2 aromatic carbocycles. The first-order chi connectivity index (χ1) is 12.0. The van der Waals surface area contributed by atoms with Crippen LogP contribution in [0.2, 0.25) is 5.02 Å². The summed E-state index contributed by atoms with van der Waals surface area (Å²) in [5.74, 6) is -0.406. The number of amides is 1. The molecule has 3 aromatic rings. The van der Waals surface area contributed by atoms with E-state index in [9.17, 15) is 9.18 Å². The lowest BCUT2D eigenvalue weighted by Crippen LogP contribution is -2.26. The molecule has 0 fully saturated rings. The van der Waals surface area contributed by atoms with Gasteiger partial charge in [-0.25, -0.2) is 9.37 Å². The van der Waals surface area contributed by atoms with Gasteiger partial charge in [0.15, 0.2) is 0 Å². The second kappa shape index (κ2) is 7.33. The Morgan fingerprint density at radius 2 is 1.88 bits per heavy atom. The zero-order valence-electron chi connectivity index (χ0n) is 13.8. The molecule has 3 nitrogen and oxygen atoms in total. The Morgan fingerprint density at radius 1 is 1.20 bits per heavy atom. The van der Waals surface area contributed by atoms with Gasteiger partial charge in [0.25, 0.3) is 5.91 Å². The molecule has 0 saturated heterocycles. The molecular weight excluding hydrogens is 359 g/mol. The Balaban J connectivity index is 1.82. The monoisotopic (exact) mass is 374 g/mol. The minimum atomic E-state index is -0.298. The van der Waals surface area contributed by atoms with E-state index in [4.69, 9.17) is 11.6 Å². The molecule has 1 amide bonds. The van der Waals surface area contributed by atoms with Gasteiger partial charge in [0.05, 0.1) is 5.69 Å². The SMILES string of the molecule is Cc1nc(-c2ccc(F)cc2)sc1C(=O)N(C)Cc1ccccc1Cl. The Hall–Kier alpha value is -2.24. The van der Waals surface area contributed by atoms with Crippen molar-refractivity contribution in [3.05, 3.63) is 75.5 Å². The third-order valence-electron chi connectivity index (χ3n) is 3.79. The van der Waals surface area contributed by atoms with Crippen LogP contribution in [-0.2, 0) is 6.54 Å². The van der Waals surface area contributed by atoms with Crippen LogP contribution in [0.15, 0.2) is 48.5 Å². The predicted octanol–water partition coefficient (Wildman–Crippen LogP) is 5.18. The van der Waals surface area contributed by atoms with E-state index >= 15 is 0 Å². The smallest absolute Gasteiger partial charge is 0.265 e. The van der Waals surface area contributed by atoms with Crippen molar-refractivity contribution in [2.45, 2.75) is 13.5 Å². The van der Waals surface area contributed by atoms with Gasteiger partial charge in [0.1, 0.15) is 15.7 Å². The van der Waals surface area contributed by atoms with E-state index in [1.54, 1.807) is 37.1 Å². The van der Waals surface area contributed by atoms with Gasteiger partial charge in [-0.05, 0) is 42.8 Å². The van der Waals surface area contributed by atoms with Crippen molar-refractivity contribution in [1.82, 2.24) is 9.88 Å². The summed E-state index contributed by atoms with van der Waals surface area (Å²) in [5, 5.41) is 1.34. The number of hydrogen-bond acceptors (Lipinski definition) is 3. The molecular formula is C19H16ClFN2OS. The van der Waals surface area contributed by atoms with Crippen LogP contribution in [0.25, 0.3) is 10.6 Å². The molecule has 0 N–H and O–H groups in total. The maximum atomic E-state index is 13.1. The van der Waals surface area contributed by atoms with Gasteiger partial charge in [0, 0.05) is 24.2 Å². The quantitative estimate of drug-likeness (QED) is 0.630. The zero-order valence-corrected chi connectivity index (χ0v) is 15.4. The molecule has 6 heteroatoms. The van der Waals surface area contributed by atoms with Crippen LogP contribution >= 0.6 is 22.9 Å². The Labute approximate surface area is 154 Å². The van der Waals surface area contributed by atoms with Crippen molar-refractivity contribution in [3.63, 3.8) is 0 Å². The van der Waals surface area contributed by atoms with E-state index in [-0.39, 0.29) is 11.7 Å². The number of nitrogens with zero attached hydrogens (tertiary/aromatic N) is 2. The highest BCUT2D eigenvalue weighted by Crippen LogP contribution is 2.29. The van der Waals surface area contributed by atoms with Crippen LogP contribution in [0, 0.1) is 12.7 Å². The highest BCUT2D eigenvalue weighted by Gasteiger charge is 2.20. The molecule has 0 atom stereocenters. The van der Waals surface area contributed by atoms with E-state index in [0.29, 0.717) is 27.1 Å². The number of halogens is 2. The van der Waals surface area contributed by atoms with Crippen LogP contribution in [0.4, 0.5) is 4.39 Å². The molecule has 1 heterocycles. The molecule has 128 valence electrons. The minimum absolute atomic E-state index is 0.108. The summed E-state index contributed by atoms with van der Waals surface area (Å²) in [6.07, 6.45) is 0. The molecule has 0 aliphatic carbocycles. The summed E-state index contributed by atoms with van der Waals surface area (Å²) in [7, 11) is 1.74. The summed E-state index contributed by atoms with van der Waals surface area (Å²) < 4.78 is 13.1. The average molecular weight is 375 g/mol. The van der Waals surface area contributed by atoms with Gasteiger partial charge in [-0.3, -0.25) is 4.79 Å². The zero-order chi connectivity index (χ0) is 18.0. The number of carbonyl (C=O) groups is 1. The molecule has 25 heavy (non-hydrogen) atoms. The van der Waals surface area contributed by atoms with Crippen LogP contribution in [-0.4, -0.2) is 22.8 Å². The molecule has 0 radical (unpaired) electrons. The fourth-order valence-corrected chi connectivity index (χ4v) is 3.70. The van der Waals surface area contributed by atoms with Gasteiger partial charge < -0.3 is 4.90 Å². The fourth-order valence-electron chi connectivity index (χ4n) is 2.44. The van der Waals surface area contributed by atoms with Crippen molar-refractivity contribution in [3.8, 4) is 10.6 Å². The largest absolute Gasteiger partial charge is 0.337 e. The summed E-state index contributed by atoms with van der Waals surface area (Å²) in [6, 6.07) is 13.5. The topological polar surface area (TPSA) is 33.2 Å². The van der Waals surface area contributed by atoms with Gasteiger partial charge >= 0.3 is 0 Å². The molecule has 1 aromatic heterocycles. The van der Waals surface area contributed by atoms with E-state index in [1.807, 2.05) is 18.2 Å². The van der Waals surface area contributed by atoms with Gasteiger partial charge in [-0.2, -0.15) is 0 Å². The molecule has 0 bridgehead atoms. The van der Waals surface area contributed by atoms with Gasteiger partial charge in [-0.1, -0.05) is 29.8 Å². The Kier molecular flexibility index (Phi) is 5.16. The number of rotatable bonds is 4.